The molecule has 1 aliphatic rings. The van der Waals surface area contributed by atoms with Crippen LogP contribution in [0, 0.1) is 6.92 Å². The van der Waals surface area contributed by atoms with Crippen molar-refractivity contribution in [1.82, 2.24) is 0 Å². The number of rotatable bonds is 1. The van der Waals surface area contributed by atoms with Crippen molar-refractivity contribution >= 4 is 17.1 Å². The molecule has 0 saturated carbocycles. The molecule has 3 heteroatoms. The summed E-state index contributed by atoms with van der Waals surface area (Å²) in [5.41, 5.74) is 1.25. The van der Waals surface area contributed by atoms with Crippen LogP contribution in [0.1, 0.15) is 11.3 Å². The van der Waals surface area contributed by atoms with Crippen LogP contribution >= 0.6 is 0 Å². The van der Waals surface area contributed by atoms with E-state index in [9.17, 15) is 9.59 Å². The Morgan fingerprint density at radius 2 is 2.00 bits per heavy atom. The largest absolute Gasteiger partial charge is 0.464 e. The minimum atomic E-state index is -0.195. The summed E-state index contributed by atoms with van der Waals surface area (Å²) in [4.78, 5) is 22.4. The van der Waals surface area contributed by atoms with Gasteiger partial charge in [-0.15, -0.1) is 0 Å². The van der Waals surface area contributed by atoms with Crippen LogP contribution in [-0.4, -0.2) is 11.6 Å². The number of allylic oxidation sites excluding steroid dienone is 4. The van der Waals surface area contributed by atoms with Gasteiger partial charge in [0.15, 0.2) is 11.6 Å². The monoisotopic (exact) mass is 188 g/mol. The summed E-state index contributed by atoms with van der Waals surface area (Å²) in [5.74, 6) is 0.0674. The zero-order chi connectivity index (χ0) is 10.1. The molecule has 1 aliphatic carbocycles. The van der Waals surface area contributed by atoms with Crippen molar-refractivity contribution in [3.63, 3.8) is 0 Å². The maximum Gasteiger partial charge on any atom is 0.189 e. The number of hydrogen-bond donors (Lipinski definition) is 0. The van der Waals surface area contributed by atoms with E-state index in [0.29, 0.717) is 11.3 Å². The Morgan fingerprint density at radius 3 is 2.64 bits per heavy atom. The summed E-state index contributed by atoms with van der Waals surface area (Å²) in [5, 5.41) is 0. The van der Waals surface area contributed by atoms with Crippen molar-refractivity contribution < 1.29 is 14.0 Å². The lowest BCUT2D eigenvalue weighted by atomic mass is 10.0. The van der Waals surface area contributed by atoms with Crippen LogP contribution in [0.3, 0.4) is 0 Å². The molecule has 0 saturated heterocycles. The summed E-state index contributed by atoms with van der Waals surface area (Å²) in [6.07, 6.45) is 5.35. The van der Waals surface area contributed by atoms with Gasteiger partial charge in [-0.25, -0.2) is 0 Å². The Hall–Kier alpha value is -1.90. The SMILES string of the molecule is Cc1coc(C2=CC(=O)C=CC2=O)c1. The summed E-state index contributed by atoms with van der Waals surface area (Å²) in [7, 11) is 0. The zero-order valence-electron chi connectivity index (χ0n) is 7.61. The van der Waals surface area contributed by atoms with Gasteiger partial charge in [-0.1, -0.05) is 0 Å². The molecular formula is C11H8O3. The van der Waals surface area contributed by atoms with Gasteiger partial charge in [0.25, 0.3) is 0 Å². The number of hydrogen-bond acceptors (Lipinski definition) is 3. The standard InChI is InChI=1S/C11H8O3/c1-7-4-11(14-6-7)9-5-8(12)2-3-10(9)13/h2-6H,1H3. The Labute approximate surface area is 80.7 Å². The molecule has 1 aromatic rings. The first-order chi connectivity index (χ1) is 6.66. The zero-order valence-corrected chi connectivity index (χ0v) is 7.61. The van der Waals surface area contributed by atoms with E-state index in [1.807, 2.05) is 6.92 Å². The predicted octanol–water partition coefficient (Wildman–Crippen LogP) is 1.68. The highest BCUT2D eigenvalue weighted by atomic mass is 16.3. The van der Waals surface area contributed by atoms with E-state index < -0.39 is 0 Å². The molecule has 0 amide bonds. The van der Waals surface area contributed by atoms with E-state index in [4.69, 9.17) is 4.42 Å². The number of carbonyl (C=O) groups is 2. The molecule has 0 spiro atoms. The number of ketones is 2. The van der Waals surface area contributed by atoms with Gasteiger partial charge in [0, 0.05) is 6.08 Å². The molecule has 0 aliphatic heterocycles. The van der Waals surface area contributed by atoms with Crippen molar-refractivity contribution in [3.8, 4) is 0 Å². The first-order valence-electron chi connectivity index (χ1n) is 4.20. The molecule has 70 valence electrons. The molecule has 0 bridgehead atoms. The second-order valence-corrected chi connectivity index (χ2v) is 3.15. The Bertz CT molecular complexity index is 461. The van der Waals surface area contributed by atoms with E-state index in [0.717, 1.165) is 5.56 Å². The maximum absolute atomic E-state index is 11.4. The van der Waals surface area contributed by atoms with E-state index in [1.165, 1.54) is 18.2 Å². The fourth-order valence-corrected chi connectivity index (χ4v) is 1.27. The molecule has 0 atom stereocenters. The first-order valence-corrected chi connectivity index (χ1v) is 4.20. The molecule has 0 N–H and O–H groups in total. The van der Waals surface area contributed by atoms with Gasteiger partial charge in [0.1, 0.15) is 5.76 Å². The Morgan fingerprint density at radius 1 is 1.21 bits per heavy atom. The fourth-order valence-electron chi connectivity index (χ4n) is 1.27. The average Bonchev–Trinajstić information content (AvgIpc) is 2.56. The van der Waals surface area contributed by atoms with E-state index in [-0.39, 0.29) is 11.6 Å². The van der Waals surface area contributed by atoms with Gasteiger partial charge in [-0.3, -0.25) is 9.59 Å². The maximum atomic E-state index is 11.4. The third kappa shape index (κ3) is 1.44. The lowest BCUT2D eigenvalue weighted by Crippen LogP contribution is -2.05. The van der Waals surface area contributed by atoms with Crippen molar-refractivity contribution in [2.75, 3.05) is 0 Å². The van der Waals surface area contributed by atoms with Crippen LogP contribution in [0.2, 0.25) is 0 Å². The van der Waals surface area contributed by atoms with Gasteiger partial charge >= 0.3 is 0 Å². The minimum Gasteiger partial charge on any atom is -0.464 e. The Kier molecular flexibility index (Phi) is 1.93. The quantitative estimate of drug-likeness (QED) is 0.630. The molecule has 0 aromatic carbocycles. The van der Waals surface area contributed by atoms with Gasteiger partial charge in [-0.05, 0) is 30.7 Å². The number of carbonyl (C=O) groups excluding carboxylic acids is 2. The average molecular weight is 188 g/mol. The minimum absolute atomic E-state index is 0.186. The molecule has 1 heterocycles. The first kappa shape index (κ1) is 8.69. The van der Waals surface area contributed by atoms with Gasteiger partial charge in [0.05, 0.1) is 11.8 Å². The molecule has 1 aromatic heterocycles. The summed E-state index contributed by atoms with van der Waals surface area (Å²) in [6, 6.07) is 1.73. The molecule has 3 nitrogen and oxygen atoms in total. The van der Waals surface area contributed by atoms with Crippen LogP contribution in [0.5, 0.6) is 0 Å². The lowest BCUT2D eigenvalue weighted by molar-refractivity contribution is -0.113. The van der Waals surface area contributed by atoms with Crippen molar-refractivity contribution in [2.45, 2.75) is 6.92 Å². The number of aryl methyl sites for hydroxylation is 1. The summed E-state index contributed by atoms with van der Waals surface area (Å²) in [6.45, 7) is 1.86. The molecule has 0 radical (unpaired) electrons. The van der Waals surface area contributed by atoms with Crippen molar-refractivity contribution in [1.29, 1.82) is 0 Å². The van der Waals surface area contributed by atoms with Crippen LogP contribution in [0.15, 0.2) is 35.0 Å². The van der Waals surface area contributed by atoms with Crippen molar-refractivity contribution in [2.24, 2.45) is 0 Å². The second-order valence-electron chi connectivity index (χ2n) is 3.15. The predicted molar refractivity (Wildman–Crippen MR) is 50.6 cm³/mol. The molecule has 2 rings (SSSR count). The van der Waals surface area contributed by atoms with E-state index in [2.05, 4.69) is 0 Å². The normalized spacial score (nSPS) is 15.9. The smallest absolute Gasteiger partial charge is 0.189 e. The molecular weight excluding hydrogens is 180 g/mol. The molecule has 0 fully saturated rings. The summed E-state index contributed by atoms with van der Waals surface area (Å²) >= 11 is 0. The van der Waals surface area contributed by atoms with Crippen LogP contribution in [0.25, 0.3) is 5.57 Å². The van der Waals surface area contributed by atoms with Crippen LogP contribution in [0.4, 0.5) is 0 Å². The van der Waals surface area contributed by atoms with Crippen molar-refractivity contribution in [3.05, 3.63) is 41.9 Å². The second kappa shape index (κ2) is 3.10. The Balaban J connectivity index is 2.44. The number of furan rings is 1. The molecule has 14 heavy (non-hydrogen) atoms. The van der Waals surface area contributed by atoms with E-state index >= 15 is 0 Å². The lowest BCUT2D eigenvalue weighted by Gasteiger charge is -2.02. The highest BCUT2D eigenvalue weighted by Crippen LogP contribution is 2.21. The molecule has 0 unspecified atom stereocenters. The highest BCUT2D eigenvalue weighted by molar-refractivity contribution is 6.33. The fraction of sp³-hybridized carbons (Fsp3) is 0.0909. The summed E-state index contributed by atoms with van der Waals surface area (Å²) < 4.78 is 5.15. The van der Waals surface area contributed by atoms with Gasteiger partial charge in [0.2, 0.25) is 0 Å². The van der Waals surface area contributed by atoms with E-state index in [1.54, 1.807) is 12.3 Å². The topological polar surface area (TPSA) is 47.3 Å². The van der Waals surface area contributed by atoms with Crippen LogP contribution in [-0.2, 0) is 9.59 Å². The van der Waals surface area contributed by atoms with Crippen LogP contribution < -0.4 is 0 Å². The third-order valence-corrected chi connectivity index (χ3v) is 1.95. The van der Waals surface area contributed by atoms with Gasteiger partial charge < -0.3 is 4.42 Å². The van der Waals surface area contributed by atoms with Gasteiger partial charge in [-0.2, -0.15) is 0 Å². The third-order valence-electron chi connectivity index (χ3n) is 1.95. The highest BCUT2D eigenvalue weighted by Gasteiger charge is 2.17.